The van der Waals surface area contributed by atoms with Crippen LogP contribution in [0.3, 0.4) is 0 Å². The van der Waals surface area contributed by atoms with E-state index in [1.165, 1.54) is 20.1 Å². The van der Waals surface area contributed by atoms with Crippen LogP contribution in [0.1, 0.15) is 6.92 Å². The predicted molar refractivity (Wildman–Crippen MR) is 116 cm³/mol. The van der Waals surface area contributed by atoms with E-state index in [1.54, 1.807) is 42.5 Å². The van der Waals surface area contributed by atoms with Gasteiger partial charge in [-0.05, 0) is 37.3 Å². The van der Waals surface area contributed by atoms with Gasteiger partial charge in [-0.3, -0.25) is 9.10 Å². The van der Waals surface area contributed by atoms with E-state index < -0.39 is 22.0 Å². The molecule has 0 aliphatic heterocycles. The zero-order valence-electron chi connectivity index (χ0n) is 16.4. The van der Waals surface area contributed by atoms with Crippen LogP contribution >= 0.6 is 11.6 Å². The smallest absolute Gasteiger partial charge is 0.247 e. The Kier molecular flexibility index (Phi) is 7.53. The molecule has 0 unspecified atom stereocenters. The summed E-state index contributed by atoms with van der Waals surface area (Å²) in [7, 11) is -2.42. The van der Waals surface area contributed by atoms with Crippen LogP contribution in [-0.4, -0.2) is 40.3 Å². The van der Waals surface area contributed by atoms with Crippen molar-refractivity contribution < 1.29 is 22.7 Å². The van der Waals surface area contributed by atoms with E-state index in [1.807, 2.05) is 0 Å². The highest BCUT2D eigenvalue weighted by atomic mass is 35.5. The Morgan fingerprint density at radius 2 is 2.03 bits per heavy atom. The number of methoxy groups -OCH3 is 1. The fourth-order valence-corrected chi connectivity index (χ4v) is 4.02. The van der Waals surface area contributed by atoms with E-state index in [-0.39, 0.29) is 11.4 Å². The molecule has 0 fully saturated rings. The van der Waals surface area contributed by atoms with Crippen molar-refractivity contribution in [2.24, 2.45) is 0 Å². The molecule has 7 nitrogen and oxygen atoms in total. The van der Waals surface area contributed by atoms with Gasteiger partial charge in [-0.25, -0.2) is 8.42 Å². The topological polar surface area (TPSA) is 84.9 Å². The van der Waals surface area contributed by atoms with Gasteiger partial charge in [-0.15, -0.1) is 0 Å². The molecule has 0 heterocycles. The Bertz CT molecular complexity index is 994. The summed E-state index contributed by atoms with van der Waals surface area (Å²) in [5.41, 5.74) is 0.642. The molecule has 156 valence electrons. The number of hydrogen-bond donors (Lipinski definition) is 1. The van der Waals surface area contributed by atoms with E-state index in [0.717, 1.165) is 10.6 Å². The minimum Gasteiger partial charge on any atom is -0.495 e. The first-order valence-electron chi connectivity index (χ1n) is 8.65. The summed E-state index contributed by atoms with van der Waals surface area (Å²) < 4.78 is 36.7. The molecule has 2 aromatic carbocycles. The van der Waals surface area contributed by atoms with Gasteiger partial charge in [0.2, 0.25) is 15.9 Å². The maximum atomic E-state index is 12.8. The molecule has 2 aromatic rings. The van der Waals surface area contributed by atoms with Gasteiger partial charge in [0, 0.05) is 16.8 Å². The fraction of sp³-hybridized carbons (Fsp3) is 0.250. The SMILES string of the molecule is C=CCOc1cccc(NC(=O)[C@@H](C)N(c2cc(Cl)ccc2OC)S(C)(=O)=O)c1. The lowest BCUT2D eigenvalue weighted by atomic mass is 10.2. The van der Waals surface area contributed by atoms with Gasteiger partial charge in [0.25, 0.3) is 0 Å². The van der Waals surface area contributed by atoms with Crippen molar-refractivity contribution in [2.75, 3.05) is 29.6 Å². The highest BCUT2D eigenvalue weighted by Crippen LogP contribution is 2.34. The molecule has 0 aromatic heterocycles. The van der Waals surface area contributed by atoms with Crippen molar-refractivity contribution in [3.8, 4) is 11.5 Å². The molecule has 1 amide bonds. The molecular formula is C20H23ClN2O5S. The number of amides is 1. The van der Waals surface area contributed by atoms with E-state index in [9.17, 15) is 13.2 Å². The number of halogens is 1. The number of rotatable bonds is 9. The van der Waals surface area contributed by atoms with Crippen LogP contribution in [0, 0.1) is 0 Å². The summed E-state index contributed by atoms with van der Waals surface area (Å²) in [4.78, 5) is 12.8. The third kappa shape index (κ3) is 5.88. The maximum Gasteiger partial charge on any atom is 0.247 e. The van der Waals surface area contributed by atoms with E-state index in [0.29, 0.717) is 23.1 Å². The second-order valence-corrected chi connectivity index (χ2v) is 8.46. The second-order valence-electron chi connectivity index (χ2n) is 6.17. The number of sulfonamides is 1. The zero-order valence-corrected chi connectivity index (χ0v) is 18.0. The lowest BCUT2D eigenvalue weighted by molar-refractivity contribution is -0.116. The Morgan fingerprint density at radius 1 is 1.31 bits per heavy atom. The van der Waals surface area contributed by atoms with Gasteiger partial charge in [-0.1, -0.05) is 30.3 Å². The zero-order chi connectivity index (χ0) is 21.6. The monoisotopic (exact) mass is 438 g/mol. The number of nitrogens with zero attached hydrogens (tertiary/aromatic N) is 1. The maximum absolute atomic E-state index is 12.8. The molecule has 0 bridgehead atoms. The number of benzene rings is 2. The van der Waals surface area contributed by atoms with Crippen molar-refractivity contribution in [1.29, 1.82) is 0 Å². The highest BCUT2D eigenvalue weighted by Gasteiger charge is 2.31. The Morgan fingerprint density at radius 3 is 2.66 bits per heavy atom. The molecular weight excluding hydrogens is 416 g/mol. The van der Waals surface area contributed by atoms with Crippen LogP contribution in [0.2, 0.25) is 5.02 Å². The van der Waals surface area contributed by atoms with Gasteiger partial charge in [0.15, 0.2) is 0 Å². The van der Waals surface area contributed by atoms with E-state index in [4.69, 9.17) is 21.1 Å². The average molecular weight is 439 g/mol. The van der Waals surface area contributed by atoms with Crippen LogP contribution in [0.25, 0.3) is 0 Å². The second kappa shape index (κ2) is 9.67. The summed E-state index contributed by atoms with van der Waals surface area (Å²) in [6, 6.07) is 10.2. The normalized spacial score (nSPS) is 12.0. The first-order valence-corrected chi connectivity index (χ1v) is 10.9. The quantitative estimate of drug-likeness (QED) is 0.603. The average Bonchev–Trinajstić information content (AvgIpc) is 2.66. The van der Waals surface area contributed by atoms with Crippen molar-refractivity contribution in [3.63, 3.8) is 0 Å². The van der Waals surface area contributed by atoms with E-state index in [2.05, 4.69) is 11.9 Å². The summed E-state index contributed by atoms with van der Waals surface area (Å²) in [5, 5.41) is 3.02. The lowest BCUT2D eigenvalue weighted by Crippen LogP contribution is -2.45. The number of anilines is 2. The van der Waals surface area contributed by atoms with Crippen LogP contribution in [0.15, 0.2) is 55.1 Å². The Labute approximate surface area is 175 Å². The minimum absolute atomic E-state index is 0.174. The van der Waals surface area contributed by atoms with Crippen molar-refractivity contribution in [2.45, 2.75) is 13.0 Å². The number of nitrogens with one attached hydrogen (secondary N) is 1. The number of carbonyl (C=O) groups is 1. The number of ether oxygens (including phenoxy) is 2. The summed E-state index contributed by atoms with van der Waals surface area (Å²) >= 11 is 6.04. The molecule has 1 N–H and O–H groups in total. The standard InChI is InChI=1S/C20H23ClN2O5S/c1-5-11-28-17-8-6-7-16(13-17)22-20(24)14(2)23(29(4,25)26)18-12-15(21)9-10-19(18)27-3/h5-10,12-14H,1,11H2,2-4H3,(H,22,24)/t14-/m1/s1. The Hall–Kier alpha value is -2.71. The van der Waals surface area contributed by atoms with Crippen LogP contribution < -0.4 is 19.1 Å². The Balaban J connectivity index is 2.33. The number of hydrogen-bond acceptors (Lipinski definition) is 5. The molecule has 0 radical (unpaired) electrons. The van der Waals surface area contributed by atoms with Crippen LogP contribution in [0.4, 0.5) is 11.4 Å². The van der Waals surface area contributed by atoms with Crippen molar-refractivity contribution in [1.82, 2.24) is 0 Å². The first-order chi connectivity index (χ1) is 13.7. The third-order valence-corrected chi connectivity index (χ3v) is 5.40. The van der Waals surface area contributed by atoms with Gasteiger partial charge >= 0.3 is 0 Å². The van der Waals surface area contributed by atoms with Crippen LogP contribution in [0.5, 0.6) is 11.5 Å². The predicted octanol–water partition coefficient (Wildman–Crippen LogP) is 3.71. The molecule has 0 aliphatic carbocycles. The molecule has 9 heteroatoms. The largest absolute Gasteiger partial charge is 0.495 e. The first kappa shape index (κ1) is 22.6. The molecule has 0 saturated carbocycles. The number of carbonyl (C=O) groups excluding carboxylic acids is 1. The lowest BCUT2D eigenvalue weighted by Gasteiger charge is -2.29. The van der Waals surface area contributed by atoms with Gasteiger partial charge in [0.1, 0.15) is 24.1 Å². The molecule has 1 atom stereocenters. The molecule has 0 saturated heterocycles. The summed E-state index contributed by atoms with van der Waals surface area (Å²) in [5.74, 6) is 0.296. The molecule has 29 heavy (non-hydrogen) atoms. The fourth-order valence-electron chi connectivity index (χ4n) is 2.68. The van der Waals surface area contributed by atoms with Gasteiger partial charge in [0.05, 0.1) is 19.1 Å². The van der Waals surface area contributed by atoms with E-state index >= 15 is 0 Å². The molecule has 0 spiro atoms. The molecule has 2 rings (SSSR count). The van der Waals surface area contributed by atoms with Crippen molar-refractivity contribution in [3.05, 3.63) is 60.1 Å². The third-order valence-electron chi connectivity index (χ3n) is 3.94. The van der Waals surface area contributed by atoms with Crippen LogP contribution in [-0.2, 0) is 14.8 Å². The molecule has 0 aliphatic rings. The summed E-state index contributed by atoms with van der Waals surface area (Å²) in [6.45, 7) is 5.39. The van der Waals surface area contributed by atoms with Gasteiger partial charge < -0.3 is 14.8 Å². The highest BCUT2D eigenvalue weighted by molar-refractivity contribution is 7.92. The van der Waals surface area contributed by atoms with Crippen molar-refractivity contribution >= 4 is 38.9 Å². The minimum atomic E-state index is -3.83. The summed E-state index contributed by atoms with van der Waals surface area (Å²) in [6.07, 6.45) is 2.62. The van der Waals surface area contributed by atoms with Gasteiger partial charge in [-0.2, -0.15) is 0 Å².